The summed E-state index contributed by atoms with van der Waals surface area (Å²) in [5, 5.41) is 11.2. The van der Waals surface area contributed by atoms with Gasteiger partial charge in [-0.2, -0.15) is 0 Å². The Morgan fingerprint density at radius 1 is 1.20 bits per heavy atom. The molecule has 0 radical (unpaired) electrons. The molecule has 0 aromatic heterocycles. The van der Waals surface area contributed by atoms with Crippen LogP contribution in [0, 0.1) is 10.1 Å². The van der Waals surface area contributed by atoms with Crippen LogP contribution in [0.25, 0.3) is 0 Å². The van der Waals surface area contributed by atoms with Gasteiger partial charge in [-0.05, 0) is 49.7 Å². The van der Waals surface area contributed by atoms with Crippen molar-refractivity contribution in [2.75, 3.05) is 13.7 Å². The van der Waals surface area contributed by atoms with E-state index in [9.17, 15) is 19.3 Å². The van der Waals surface area contributed by atoms with Gasteiger partial charge >= 0.3 is 11.7 Å². The number of esters is 1. The first-order valence-corrected chi connectivity index (χ1v) is 9.08. The number of carbonyl (C=O) groups is 1. The number of hydrogen-bond donors (Lipinski definition) is 0. The Balaban J connectivity index is 2.10. The molecule has 2 aromatic carbocycles. The maximum atomic E-state index is 12.8. The highest BCUT2D eigenvalue weighted by atomic mass is 19.1. The molecule has 160 valence electrons. The number of hydrogen-bond acceptors (Lipinski definition) is 7. The second kappa shape index (κ2) is 10.8. The van der Waals surface area contributed by atoms with E-state index in [2.05, 4.69) is 0 Å². The van der Waals surface area contributed by atoms with Gasteiger partial charge in [0.1, 0.15) is 23.9 Å². The van der Waals surface area contributed by atoms with E-state index in [1.807, 2.05) is 0 Å². The highest BCUT2D eigenvalue weighted by molar-refractivity contribution is 5.82. The molecule has 0 fully saturated rings. The zero-order chi connectivity index (χ0) is 22.1. The number of nitro groups is 1. The minimum atomic E-state index is -0.806. The van der Waals surface area contributed by atoms with Crippen LogP contribution in [0.2, 0.25) is 0 Å². The molecule has 2 aromatic rings. The van der Waals surface area contributed by atoms with E-state index in [4.69, 9.17) is 18.9 Å². The van der Waals surface area contributed by atoms with Gasteiger partial charge in [0.15, 0.2) is 6.10 Å². The summed E-state index contributed by atoms with van der Waals surface area (Å²) in [7, 11) is 1.42. The first-order valence-electron chi connectivity index (χ1n) is 9.08. The highest BCUT2D eigenvalue weighted by Gasteiger charge is 2.17. The number of rotatable bonds is 10. The number of halogens is 1. The average molecular weight is 419 g/mol. The highest BCUT2D eigenvalue weighted by Crippen LogP contribution is 2.33. The second-order valence-corrected chi connectivity index (χ2v) is 6.03. The zero-order valence-electron chi connectivity index (χ0n) is 16.8. The monoisotopic (exact) mass is 419 g/mol. The summed E-state index contributed by atoms with van der Waals surface area (Å²) < 4.78 is 34.1. The minimum Gasteiger partial charge on any atom is -0.497 e. The summed E-state index contributed by atoms with van der Waals surface area (Å²) in [6, 6.07) is 10.2. The van der Waals surface area contributed by atoms with Gasteiger partial charge in [-0.3, -0.25) is 10.1 Å². The van der Waals surface area contributed by atoms with Crippen LogP contribution in [-0.4, -0.2) is 30.7 Å². The van der Waals surface area contributed by atoms with E-state index >= 15 is 0 Å². The molecule has 0 heterocycles. The lowest BCUT2D eigenvalue weighted by molar-refractivity contribution is -0.385. The van der Waals surface area contributed by atoms with Crippen molar-refractivity contribution in [1.29, 1.82) is 0 Å². The van der Waals surface area contributed by atoms with Crippen molar-refractivity contribution in [2.24, 2.45) is 0 Å². The molecule has 1 atom stereocenters. The van der Waals surface area contributed by atoms with E-state index in [0.717, 1.165) is 6.07 Å². The normalized spacial score (nSPS) is 12.1. The Labute approximate surface area is 173 Å². The van der Waals surface area contributed by atoms with Crippen LogP contribution < -0.4 is 9.47 Å². The van der Waals surface area contributed by atoms with Crippen molar-refractivity contribution >= 4 is 11.7 Å². The fourth-order valence-corrected chi connectivity index (χ4v) is 2.49. The predicted octanol–water partition coefficient (Wildman–Crippen LogP) is 4.72. The molecule has 0 aliphatic heterocycles. The molecule has 0 saturated carbocycles. The Hall–Kier alpha value is -3.62. The van der Waals surface area contributed by atoms with Crippen LogP contribution >= 0.6 is 0 Å². The van der Waals surface area contributed by atoms with Crippen LogP contribution in [0.3, 0.4) is 0 Å². The number of benzene rings is 2. The van der Waals surface area contributed by atoms with Crippen molar-refractivity contribution in [3.63, 3.8) is 0 Å². The molecular formula is C21H22FNO7. The maximum Gasteiger partial charge on any atom is 0.334 e. The molecule has 9 heteroatoms. The third-order valence-electron chi connectivity index (χ3n) is 3.92. The van der Waals surface area contributed by atoms with Crippen LogP contribution in [0.15, 0.2) is 54.3 Å². The third kappa shape index (κ3) is 6.20. The number of alkyl halides is 1. The molecule has 0 aliphatic carbocycles. The number of ether oxygens (including phenoxy) is 4. The Bertz CT molecular complexity index is 912. The average Bonchev–Trinajstić information content (AvgIpc) is 2.73. The fourth-order valence-electron chi connectivity index (χ4n) is 2.49. The van der Waals surface area contributed by atoms with Gasteiger partial charge in [0.05, 0.1) is 24.7 Å². The molecule has 0 N–H and O–H groups in total. The first-order chi connectivity index (χ1) is 14.4. The number of nitro benzene ring substituents is 1. The smallest absolute Gasteiger partial charge is 0.334 e. The lowest BCUT2D eigenvalue weighted by Gasteiger charge is -2.17. The zero-order valence-corrected chi connectivity index (χ0v) is 16.8. The topological polar surface area (TPSA) is 97.1 Å². The molecule has 0 spiro atoms. The summed E-state index contributed by atoms with van der Waals surface area (Å²) in [5.41, 5.74) is -0.135. The molecule has 30 heavy (non-hydrogen) atoms. The predicted molar refractivity (Wildman–Crippen MR) is 106 cm³/mol. The molecule has 2 rings (SSSR count). The summed E-state index contributed by atoms with van der Waals surface area (Å²) in [6.45, 7) is 2.84. The summed E-state index contributed by atoms with van der Waals surface area (Å²) in [5.74, 6) is 0.550. The molecule has 1 unspecified atom stereocenters. The fraction of sp³-hybridized carbons (Fsp3) is 0.286. The minimum absolute atomic E-state index is 0.00160. The van der Waals surface area contributed by atoms with Gasteiger partial charge in [0, 0.05) is 6.07 Å². The molecular weight excluding hydrogens is 397 g/mol. The van der Waals surface area contributed by atoms with Gasteiger partial charge in [-0.25, -0.2) is 9.18 Å². The SMILES string of the molecule is CCOC(=O)/C=C(\OC)C(C)Oc1ccc(Oc2ccc(CF)cc2[N+](=O)[O-])cc1. The summed E-state index contributed by atoms with van der Waals surface area (Å²) in [6.07, 6.45) is 0.645. The molecule has 0 saturated heterocycles. The van der Waals surface area contributed by atoms with Crippen LogP contribution in [0.1, 0.15) is 19.4 Å². The Morgan fingerprint density at radius 3 is 2.43 bits per heavy atom. The van der Waals surface area contributed by atoms with Crippen molar-refractivity contribution in [1.82, 2.24) is 0 Å². The first kappa shape index (κ1) is 22.7. The lowest BCUT2D eigenvalue weighted by Crippen LogP contribution is -2.18. The maximum absolute atomic E-state index is 12.8. The summed E-state index contributed by atoms with van der Waals surface area (Å²) >= 11 is 0. The van der Waals surface area contributed by atoms with E-state index in [1.165, 1.54) is 25.3 Å². The van der Waals surface area contributed by atoms with E-state index < -0.39 is 23.7 Å². The van der Waals surface area contributed by atoms with Crippen LogP contribution in [0.5, 0.6) is 17.2 Å². The lowest BCUT2D eigenvalue weighted by atomic mass is 10.2. The quantitative estimate of drug-likeness (QED) is 0.181. The van der Waals surface area contributed by atoms with Crippen molar-refractivity contribution < 1.29 is 33.1 Å². The Morgan fingerprint density at radius 2 is 1.87 bits per heavy atom. The summed E-state index contributed by atoms with van der Waals surface area (Å²) in [4.78, 5) is 22.2. The van der Waals surface area contributed by atoms with E-state index in [0.29, 0.717) is 11.5 Å². The van der Waals surface area contributed by atoms with Gasteiger partial charge in [0.25, 0.3) is 0 Å². The molecule has 0 amide bonds. The van der Waals surface area contributed by atoms with Crippen molar-refractivity contribution in [2.45, 2.75) is 26.6 Å². The van der Waals surface area contributed by atoms with Crippen LogP contribution in [0.4, 0.5) is 10.1 Å². The number of methoxy groups -OCH3 is 1. The van der Waals surface area contributed by atoms with Crippen LogP contribution in [-0.2, 0) is 20.9 Å². The van der Waals surface area contributed by atoms with Gasteiger partial charge in [0.2, 0.25) is 5.75 Å². The van der Waals surface area contributed by atoms with Gasteiger partial charge < -0.3 is 18.9 Å². The van der Waals surface area contributed by atoms with Crippen molar-refractivity contribution in [3.05, 3.63) is 70.0 Å². The van der Waals surface area contributed by atoms with Gasteiger partial charge in [-0.15, -0.1) is 0 Å². The molecule has 0 aliphatic rings. The van der Waals surface area contributed by atoms with Crippen molar-refractivity contribution in [3.8, 4) is 17.2 Å². The van der Waals surface area contributed by atoms with E-state index in [-0.39, 0.29) is 29.4 Å². The van der Waals surface area contributed by atoms with E-state index in [1.54, 1.807) is 38.1 Å². The van der Waals surface area contributed by atoms with Gasteiger partial charge in [-0.1, -0.05) is 6.07 Å². The second-order valence-electron chi connectivity index (χ2n) is 6.03. The molecule has 8 nitrogen and oxygen atoms in total. The number of carbonyl (C=O) groups excluding carboxylic acids is 1. The third-order valence-corrected chi connectivity index (χ3v) is 3.92. The Kier molecular flexibility index (Phi) is 8.16. The largest absolute Gasteiger partial charge is 0.497 e. The standard InChI is InChI=1S/C21H22FNO7/c1-4-28-21(24)12-20(27-3)14(2)29-16-6-8-17(9-7-16)30-19-10-5-15(13-22)11-18(19)23(25)26/h5-12,14H,4,13H2,1-3H3/b20-12-. The number of nitrogens with zero attached hydrogens (tertiary/aromatic N) is 1. The molecule has 0 bridgehead atoms.